The average molecular weight is 153 g/mol. The van der Waals surface area contributed by atoms with Crippen LogP contribution in [0.5, 0.6) is 0 Å². The fraction of sp³-hybridized carbons (Fsp3) is 0.429. The van der Waals surface area contributed by atoms with E-state index in [4.69, 9.17) is 5.73 Å². The Balaban J connectivity index is 2.87. The first-order valence-electron chi connectivity index (χ1n) is 3.48. The quantitative estimate of drug-likeness (QED) is 0.652. The van der Waals surface area contributed by atoms with Crippen molar-refractivity contribution in [1.82, 2.24) is 9.55 Å². The van der Waals surface area contributed by atoms with Gasteiger partial charge in [-0.25, -0.2) is 4.98 Å². The van der Waals surface area contributed by atoms with Gasteiger partial charge in [0, 0.05) is 25.2 Å². The van der Waals surface area contributed by atoms with E-state index in [0.29, 0.717) is 13.0 Å². The molecule has 2 N–H and O–H groups in total. The maximum absolute atomic E-state index is 10.9. The number of hydrogen-bond acceptors (Lipinski definition) is 3. The minimum Gasteiger partial charge on any atom is -0.330 e. The predicted octanol–water partition coefficient (Wildman–Crippen LogP) is 0.0444. The van der Waals surface area contributed by atoms with Crippen molar-refractivity contribution < 1.29 is 4.79 Å². The summed E-state index contributed by atoms with van der Waals surface area (Å²) in [5, 5.41) is 0. The molecule has 0 spiro atoms. The van der Waals surface area contributed by atoms with Crippen LogP contribution in [0.25, 0.3) is 0 Å². The summed E-state index contributed by atoms with van der Waals surface area (Å²) in [7, 11) is 0. The summed E-state index contributed by atoms with van der Waals surface area (Å²) < 4.78 is 1.51. The van der Waals surface area contributed by atoms with Crippen molar-refractivity contribution in [3.63, 3.8) is 0 Å². The number of imidazole rings is 1. The second kappa shape index (κ2) is 3.30. The molecule has 11 heavy (non-hydrogen) atoms. The van der Waals surface area contributed by atoms with Gasteiger partial charge in [0.1, 0.15) is 6.33 Å². The monoisotopic (exact) mass is 153 g/mol. The largest absolute Gasteiger partial charge is 0.330 e. The van der Waals surface area contributed by atoms with Crippen molar-refractivity contribution in [2.75, 3.05) is 6.54 Å². The zero-order valence-electron chi connectivity index (χ0n) is 6.45. The molecular formula is C7H11N3O. The molecule has 0 saturated heterocycles. The van der Waals surface area contributed by atoms with Crippen molar-refractivity contribution in [2.45, 2.75) is 13.3 Å². The van der Waals surface area contributed by atoms with Crippen molar-refractivity contribution in [3.8, 4) is 0 Å². The fourth-order valence-corrected chi connectivity index (χ4v) is 0.939. The topological polar surface area (TPSA) is 60.9 Å². The van der Waals surface area contributed by atoms with Crippen LogP contribution in [-0.4, -0.2) is 22.0 Å². The molecule has 0 radical (unpaired) electrons. The minimum atomic E-state index is -0.0223. The number of carbonyl (C=O) groups is 1. The van der Waals surface area contributed by atoms with Crippen LogP contribution < -0.4 is 5.73 Å². The molecule has 0 aromatic carbocycles. The van der Waals surface area contributed by atoms with E-state index >= 15 is 0 Å². The Morgan fingerprint density at radius 3 is 3.09 bits per heavy atom. The third-order valence-corrected chi connectivity index (χ3v) is 1.45. The summed E-state index contributed by atoms with van der Waals surface area (Å²) >= 11 is 0. The lowest BCUT2D eigenvalue weighted by molar-refractivity contribution is 0.0933. The molecule has 0 atom stereocenters. The summed E-state index contributed by atoms with van der Waals surface area (Å²) in [6.45, 7) is 2.04. The highest BCUT2D eigenvalue weighted by atomic mass is 16.1. The maximum atomic E-state index is 10.9. The highest BCUT2D eigenvalue weighted by Gasteiger charge is 2.03. The Bertz CT molecular complexity index is 254. The Morgan fingerprint density at radius 2 is 2.55 bits per heavy atom. The first-order valence-corrected chi connectivity index (χ1v) is 3.48. The molecule has 0 aliphatic carbocycles. The molecule has 0 amide bonds. The highest BCUT2D eigenvalue weighted by Crippen LogP contribution is 1.98. The predicted molar refractivity (Wildman–Crippen MR) is 41.3 cm³/mol. The van der Waals surface area contributed by atoms with Crippen LogP contribution >= 0.6 is 0 Å². The molecule has 0 bridgehead atoms. The van der Waals surface area contributed by atoms with Crippen LogP contribution in [0.2, 0.25) is 0 Å². The minimum absolute atomic E-state index is 0.0223. The third kappa shape index (κ3) is 1.65. The Morgan fingerprint density at radius 1 is 1.82 bits per heavy atom. The van der Waals surface area contributed by atoms with Gasteiger partial charge >= 0.3 is 0 Å². The van der Waals surface area contributed by atoms with Gasteiger partial charge in [0.15, 0.2) is 0 Å². The smallest absolute Gasteiger partial charge is 0.228 e. The van der Waals surface area contributed by atoms with Gasteiger partial charge in [-0.15, -0.1) is 0 Å². The molecule has 0 unspecified atom stereocenters. The molecule has 4 nitrogen and oxygen atoms in total. The summed E-state index contributed by atoms with van der Waals surface area (Å²) in [5.74, 6) is -0.0223. The van der Waals surface area contributed by atoms with Gasteiger partial charge in [0.05, 0.1) is 0 Å². The molecule has 0 aliphatic rings. The standard InChI is InChI=1S/C7H11N3O/c1-6(11)10-5-9-4-7(10)2-3-8/h4-5H,2-3,8H2,1H3. The molecule has 0 fully saturated rings. The molecule has 60 valence electrons. The molecule has 1 rings (SSSR count). The van der Waals surface area contributed by atoms with Crippen LogP contribution in [-0.2, 0) is 6.42 Å². The molecule has 1 aromatic heterocycles. The number of carbonyl (C=O) groups excluding carboxylic acids is 1. The van der Waals surface area contributed by atoms with Gasteiger partial charge in [-0.1, -0.05) is 0 Å². The SMILES string of the molecule is CC(=O)n1cncc1CCN. The number of rotatable bonds is 2. The first kappa shape index (κ1) is 7.94. The lowest BCUT2D eigenvalue weighted by Crippen LogP contribution is -2.12. The van der Waals surface area contributed by atoms with E-state index in [9.17, 15) is 4.79 Å². The van der Waals surface area contributed by atoms with Gasteiger partial charge in [-0.3, -0.25) is 9.36 Å². The molecular weight excluding hydrogens is 142 g/mol. The van der Waals surface area contributed by atoms with Crippen molar-refractivity contribution >= 4 is 5.91 Å². The third-order valence-electron chi connectivity index (χ3n) is 1.45. The molecule has 0 saturated carbocycles. The maximum Gasteiger partial charge on any atom is 0.228 e. The lowest BCUT2D eigenvalue weighted by Gasteiger charge is -2.00. The van der Waals surface area contributed by atoms with Gasteiger partial charge in [0.2, 0.25) is 5.91 Å². The lowest BCUT2D eigenvalue weighted by atomic mass is 10.3. The van der Waals surface area contributed by atoms with Crippen LogP contribution in [0.15, 0.2) is 12.5 Å². The average Bonchev–Trinajstić information content (AvgIpc) is 2.36. The van der Waals surface area contributed by atoms with E-state index in [-0.39, 0.29) is 5.91 Å². The molecule has 1 heterocycles. The highest BCUT2D eigenvalue weighted by molar-refractivity contribution is 5.76. The Hall–Kier alpha value is -1.16. The summed E-state index contributed by atoms with van der Waals surface area (Å²) in [5.41, 5.74) is 6.21. The van der Waals surface area contributed by atoms with Gasteiger partial charge in [-0.2, -0.15) is 0 Å². The van der Waals surface area contributed by atoms with Crippen molar-refractivity contribution in [2.24, 2.45) is 5.73 Å². The fourth-order valence-electron chi connectivity index (χ4n) is 0.939. The van der Waals surface area contributed by atoms with E-state index in [0.717, 1.165) is 5.69 Å². The molecule has 4 heteroatoms. The van der Waals surface area contributed by atoms with Crippen LogP contribution in [0.4, 0.5) is 0 Å². The number of nitrogens with zero attached hydrogens (tertiary/aromatic N) is 2. The van der Waals surface area contributed by atoms with E-state index in [1.54, 1.807) is 6.20 Å². The van der Waals surface area contributed by atoms with E-state index in [1.165, 1.54) is 17.8 Å². The second-order valence-electron chi connectivity index (χ2n) is 2.31. The van der Waals surface area contributed by atoms with Crippen molar-refractivity contribution in [1.29, 1.82) is 0 Å². The number of nitrogens with two attached hydrogens (primary N) is 1. The normalized spacial score (nSPS) is 10.0. The Labute approximate surface area is 65.0 Å². The summed E-state index contributed by atoms with van der Waals surface area (Å²) in [4.78, 5) is 14.7. The Kier molecular flexibility index (Phi) is 2.38. The van der Waals surface area contributed by atoms with E-state index in [2.05, 4.69) is 4.98 Å². The van der Waals surface area contributed by atoms with E-state index < -0.39 is 0 Å². The van der Waals surface area contributed by atoms with Gasteiger partial charge in [-0.05, 0) is 6.54 Å². The number of aromatic nitrogens is 2. The number of hydrogen-bond donors (Lipinski definition) is 1. The first-order chi connectivity index (χ1) is 5.25. The second-order valence-corrected chi connectivity index (χ2v) is 2.31. The van der Waals surface area contributed by atoms with Gasteiger partial charge in [0.25, 0.3) is 0 Å². The van der Waals surface area contributed by atoms with Crippen LogP contribution in [0.3, 0.4) is 0 Å². The summed E-state index contributed by atoms with van der Waals surface area (Å²) in [6.07, 6.45) is 3.86. The van der Waals surface area contributed by atoms with Crippen LogP contribution in [0.1, 0.15) is 17.4 Å². The zero-order chi connectivity index (χ0) is 8.27. The van der Waals surface area contributed by atoms with Crippen molar-refractivity contribution in [3.05, 3.63) is 18.2 Å². The van der Waals surface area contributed by atoms with E-state index in [1.807, 2.05) is 0 Å². The summed E-state index contributed by atoms with van der Waals surface area (Å²) in [6, 6.07) is 0. The zero-order valence-corrected chi connectivity index (χ0v) is 6.45. The van der Waals surface area contributed by atoms with Crippen LogP contribution in [0, 0.1) is 0 Å². The van der Waals surface area contributed by atoms with Gasteiger partial charge < -0.3 is 5.73 Å². The molecule has 1 aromatic rings. The molecule has 0 aliphatic heterocycles.